The number of alkyl halides is 3. The van der Waals surface area contributed by atoms with E-state index in [2.05, 4.69) is 10.2 Å². The Bertz CT molecular complexity index is 535. The van der Waals surface area contributed by atoms with Crippen LogP contribution >= 0.6 is 0 Å². The van der Waals surface area contributed by atoms with E-state index in [4.69, 9.17) is 14.6 Å². The lowest BCUT2D eigenvalue weighted by Gasteiger charge is -2.40. The maximum atomic E-state index is 12.3. The quantitative estimate of drug-likeness (QED) is 0.780. The van der Waals surface area contributed by atoms with Crippen LogP contribution < -0.4 is 5.32 Å². The van der Waals surface area contributed by atoms with Gasteiger partial charge in [-0.3, -0.25) is 9.69 Å². The molecule has 9 heteroatoms. The first kappa shape index (κ1) is 19.4. The van der Waals surface area contributed by atoms with E-state index >= 15 is 0 Å². The number of carbonyl (C=O) groups is 2. The molecule has 2 aliphatic carbocycles. The number of nitrogens with one attached hydrogen (secondary N) is 1. The van der Waals surface area contributed by atoms with Crippen LogP contribution in [0.5, 0.6) is 0 Å². The van der Waals surface area contributed by atoms with Crippen LogP contribution in [0.1, 0.15) is 38.5 Å². The van der Waals surface area contributed by atoms with Crippen molar-refractivity contribution in [3.8, 4) is 0 Å². The highest BCUT2D eigenvalue weighted by Crippen LogP contribution is 2.36. The average Bonchev–Trinajstić information content (AvgIpc) is 3.48. The van der Waals surface area contributed by atoms with Crippen LogP contribution in [0.25, 0.3) is 0 Å². The van der Waals surface area contributed by atoms with Crippen LogP contribution in [0.3, 0.4) is 0 Å². The maximum absolute atomic E-state index is 12.3. The summed E-state index contributed by atoms with van der Waals surface area (Å²) in [7, 11) is 0. The van der Waals surface area contributed by atoms with Crippen LogP contribution in [-0.2, 0) is 14.3 Å². The van der Waals surface area contributed by atoms with E-state index in [0.29, 0.717) is 18.2 Å². The van der Waals surface area contributed by atoms with Crippen molar-refractivity contribution in [3.05, 3.63) is 0 Å². The number of ether oxygens (including phenoxy) is 1. The zero-order valence-corrected chi connectivity index (χ0v) is 14.5. The molecule has 0 aromatic carbocycles. The third-order valence-electron chi connectivity index (χ3n) is 5.34. The fraction of sp³-hybridized carbons (Fsp3) is 0.882. The second kappa shape index (κ2) is 7.72. The molecule has 0 unspecified atom stereocenters. The highest BCUT2D eigenvalue weighted by atomic mass is 19.4. The number of amides is 1. The van der Waals surface area contributed by atoms with Gasteiger partial charge in [0.15, 0.2) is 0 Å². The topological polar surface area (TPSA) is 78.9 Å². The predicted molar refractivity (Wildman–Crippen MR) is 85.4 cm³/mol. The van der Waals surface area contributed by atoms with Crippen molar-refractivity contribution in [3.63, 3.8) is 0 Å². The van der Waals surface area contributed by atoms with Crippen molar-refractivity contribution >= 4 is 11.9 Å². The number of rotatable bonds is 4. The van der Waals surface area contributed by atoms with E-state index in [1.165, 1.54) is 32.2 Å². The summed E-state index contributed by atoms with van der Waals surface area (Å²) in [5.41, 5.74) is 0. The molecule has 6 nitrogen and oxygen atoms in total. The standard InChI is InChI=1S/C15H24N2O2.C2HF3O2/c18-15(16-12-3-4-12)11-7-14-13(5-6-19-14)17(9-11)8-10-1-2-10;3-2(4,5)1(6)7/h10-14H,1-9H2,(H,16,18);(H,6,7)/t11-,13+,14+;/m0./s1. The Morgan fingerprint density at radius 2 is 1.81 bits per heavy atom. The maximum Gasteiger partial charge on any atom is 0.490 e. The van der Waals surface area contributed by atoms with E-state index in [1.807, 2.05) is 0 Å². The van der Waals surface area contributed by atoms with Gasteiger partial charge in [-0.15, -0.1) is 0 Å². The van der Waals surface area contributed by atoms with Crippen LogP contribution in [0.2, 0.25) is 0 Å². The second-order valence-electron chi connectivity index (χ2n) is 7.68. The van der Waals surface area contributed by atoms with Crippen LogP contribution in [0, 0.1) is 11.8 Å². The van der Waals surface area contributed by atoms with Gasteiger partial charge in [0, 0.05) is 31.8 Å². The van der Waals surface area contributed by atoms with Gasteiger partial charge >= 0.3 is 12.1 Å². The number of carbonyl (C=O) groups excluding carboxylic acids is 1. The summed E-state index contributed by atoms with van der Waals surface area (Å²) in [6.45, 7) is 3.03. The first-order valence-electron chi connectivity index (χ1n) is 9.20. The number of halogens is 3. The SMILES string of the molecule is O=C(NC1CC1)[C@H]1C[C@H]2OCC[C@H]2N(CC2CC2)C1.O=C(O)C(F)(F)F. The van der Waals surface area contributed by atoms with E-state index in [9.17, 15) is 18.0 Å². The Hall–Kier alpha value is -1.35. The molecule has 3 atom stereocenters. The number of nitrogens with zero attached hydrogens (tertiary/aromatic N) is 1. The number of carboxylic acid groups (broad SMARTS) is 1. The van der Waals surface area contributed by atoms with Gasteiger partial charge in [0.25, 0.3) is 0 Å². The Morgan fingerprint density at radius 1 is 1.15 bits per heavy atom. The van der Waals surface area contributed by atoms with Gasteiger partial charge in [0.1, 0.15) is 0 Å². The largest absolute Gasteiger partial charge is 0.490 e. The van der Waals surface area contributed by atoms with Crippen molar-refractivity contribution < 1.29 is 32.6 Å². The number of hydrogen-bond donors (Lipinski definition) is 2. The average molecular weight is 378 g/mol. The van der Waals surface area contributed by atoms with Crippen molar-refractivity contribution in [1.82, 2.24) is 10.2 Å². The molecule has 0 aromatic heterocycles. The molecule has 0 radical (unpaired) electrons. The van der Waals surface area contributed by atoms with E-state index in [0.717, 1.165) is 31.9 Å². The summed E-state index contributed by atoms with van der Waals surface area (Å²) < 4.78 is 37.6. The first-order chi connectivity index (χ1) is 12.2. The fourth-order valence-electron chi connectivity index (χ4n) is 3.63. The molecule has 4 rings (SSSR count). The fourth-order valence-corrected chi connectivity index (χ4v) is 3.63. The van der Waals surface area contributed by atoms with Gasteiger partial charge < -0.3 is 15.2 Å². The lowest BCUT2D eigenvalue weighted by Crippen LogP contribution is -2.53. The highest BCUT2D eigenvalue weighted by molar-refractivity contribution is 5.79. The predicted octanol–water partition coefficient (Wildman–Crippen LogP) is 1.79. The molecule has 2 N–H and O–H groups in total. The monoisotopic (exact) mass is 378 g/mol. The van der Waals surface area contributed by atoms with Crippen LogP contribution in [0.4, 0.5) is 13.2 Å². The van der Waals surface area contributed by atoms with E-state index < -0.39 is 12.1 Å². The van der Waals surface area contributed by atoms with Crippen molar-refractivity contribution in [1.29, 1.82) is 0 Å². The molecule has 0 aromatic rings. The lowest BCUT2D eigenvalue weighted by molar-refractivity contribution is -0.192. The third-order valence-corrected chi connectivity index (χ3v) is 5.34. The zero-order chi connectivity index (χ0) is 18.9. The van der Waals surface area contributed by atoms with Crippen molar-refractivity contribution in [2.24, 2.45) is 11.8 Å². The highest BCUT2D eigenvalue weighted by Gasteiger charge is 2.44. The molecule has 4 fully saturated rings. The minimum atomic E-state index is -5.08. The minimum Gasteiger partial charge on any atom is -0.475 e. The minimum absolute atomic E-state index is 0.152. The van der Waals surface area contributed by atoms with Gasteiger partial charge in [-0.05, 0) is 44.4 Å². The summed E-state index contributed by atoms with van der Waals surface area (Å²) >= 11 is 0. The lowest BCUT2D eigenvalue weighted by atomic mass is 9.89. The molecule has 1 amide bonds. The molecule has 0 bridgehead atoms. The molecule has 0 spiro atoms. The summed E-state index contributed by atoms with van der Waals surface area (Å²) in [4.78, 5) is 23.8. The normalized spacial score (nSPS) is 31.6. The summed E-state index contributed by atoms with van der Waals surface area (Å²) in [6.07, 6.45) is 2.43. The van der Waals surface area contributed by atoms with E-state index in [1.54, 1.807) is 0 Å². The van der Waals surface area contributed by atoms with Crippen LogP contribution in [-0.4, -0.2) is 65.9 Å². The Labute approximate surface area is 150 Å². The zero-order valence-electron chi connectivity index (χ0n) is 14.5. The second-order valence-corrected chi connectivity index (χ2v) is 7.68. The number of aliphatic carboxylic acids is 1. The summed E-state index contributed by atoms with van der Waals surface area (Å²) in [5.74, 6) is -1.44. The number of carboxylic acids is 1. The van der Waals surface area contributed by atoms with Gasteiger partial charge in [-0.2, -0.15) is 13.2 Å². The Kier molecular flexibility index (Phi) is 5.76. The number of piperidine rings is 1. The van der Waals surface area contributed by atoms with Gasteiger partial charge in [0.2, 0.25) is 5.91 Å². The summed E-state index contributed by atoms with van der Waals surface area (Å²) in [5, 5.41) is 10.3. The third kappa shape index (κ3) is 5.33. The number of likely N-dealkylation sites (tertiary alicyclic amines) is 1. The van der Waals surface area contributed by atoms with Gasteiger partial charge in [-0.1, -0.05) is 0 Å². The molecule has 26 heavy (non-hydrogen) atoms. The molecule has 2 saturated heterocycles. The number of fused-ring (bicyclic) bond motifs is 1. The van der Waals surface area contributed by atoms with Gasteiger partial charge in [0.05, 0.1) is 12.0 Å². The summed E-state index contributed by atoms with van der Waals surface area (Å²) in [6, 6.07) is 1.07. The molecule has 4 aliphatic rings. The molecular formula is C17H25F3N2O4. The van der Waals surface area contributed by atoms with Crippen LogP contribution in [0.15, 0.2) is 0 Å². The smallest absolute Gasteiger partial charge is 0.475 e. The Morgan fingerprint density at radius 3 is 2.35 bits per heavy atom. The van der Waals surface area contributed by atoms with Crippen molar-refractivity contribution in [2.45, 2.75) is 62.9 Å². The van der Waals surface area contributed by atoms with Gasteiger partial charge in [-0.25, -0.2) is 4.79 Å². The first-order valence-corrected chi connectivity index (χ1v) is 9.20. The van der Waals surface area contributed by atoms with Crippen molar-refractivity contribution in [2.75, 3.05) is 19.7 Å². The molecule has 148 valence electrons. The molecule has 2 aliphatic heterocycles. The number of hydrogen-bond acceptors (Lipinski definition) is 4. The molecular weight excluding hydrogens is 353 g/mol. The van der Waals surface area contributed by atoms with E-state index in [-0.39, 0.29) is 11.8 Å². The molecule has 2 heterocycles. The molecule has 2 saturated carbocycles. The Balaban J connectivity index is 0.000000242.